The van der Waals surface area contributed by atoms with E-state index in [0.29, 0.717) is 46.2 Å². The summed E-state index contributed by atoms with van der Waals surface area (Å²) in [5.41, 5.74) is 3.74. The van der Waals surface area contributed by atoms with Crippen LogP contribution in [0.15, 0.2) is 85.3 Å². The Balaban J connectivity index is 1.37. The molecule has 14 heteroatoms. The van der Waals surface area contributed by atoms with Crippen LogP contribution < -0.4 is 10.0 Å². The standard InChI is InChI=1S/C26H24ClN9O3S/c1-40(38,39)31-21-10-7-19(8-11-21)26(37)29-22(13-18-5-3-2-4-6-18)15-35-16-24(30-33-35)23-14-20(27)9-12-25(23)36-17-28-32-34-36/h2-12,14,16-17,22,31H,13,15H2,1H3,(H,29,37). The Morgan fingerprint density at radius 2 is 1.80 bits per heavy atom. The van der Waals surface area contributed by atoms with Gasteiger partial charge in [0.05, 0.1) is 30.7 Å². The molecule has 0 spiro atoms. The van der Waals surface area contributed by atoms with Crippen molar-refractivity contribution in [1.29, 1.82) is 0 Å². The van der Waals surface area contributed by atoms with Gasteiger partial charge >= 0.3 is 0 Å². The number of hydrogen-bond donors (Lipinski definition) is 2. The molecule has 0 saturated heterocycles. The molecular weight excluding hydrogens is 554 g/mol. The number of anilines is 1. The zero-order valence-corrected chi connectivity index (χ0v) is 22.8. The van der Waals surface area contributed by atoms with Gasteiger partial charge in [-0.05, 0) is 64.9 Å². The monoisotopic (exact) mass is 577 g/mol. The van der Waals surface area contributed by atoms with Crippen molar-refractivity contribution in [2.24, 2.45) is 0 Å². The van der Waals surface area contributed by atoms with E-state index >= 15 is 0 Å². The summed E-state index contributed by atoms with van der Waals surface area (Å²) >= 11 is 6.27. The number of sulfonamides is 1. The molecule has 2 heterocycles. The second-order valence-electron chi connectivity index (χ2n) is 9.05. The van der Waals surface area contributed by atoms with Crippen LogP contribution in [0.4, 0.5) is 5.69 Å². The summed E-state index contributed by atoms with van der Waals surface area (Å²) in [7, 11) is -3.42. The van der Waals surface area contributed by atoms with Gasteiger partial charge in [-0.1, -0.05) is 47.1 Å². The smallest absolute Gasteiger partial charge is 0.251 e. The van der Waals surface area contributed by atoms with E-state index in [-0.39, 0.29) is 11.9 Å². The average Bonchev–Trinajstić information content (AvgIpc) is 3.61. The number of aromatic nitrogens is 7. The number of hydrogen-bond acceptors (Lipinski definition) is 8. The topological polar surface area (TPSA) is 150 Å². The predicted octanol–water partition coefficient (Wildman–Crippen LogP) is 2.99. The normalized spacial score (nSPS) is 12.2. The fourth-order valence-electron chi connectivity index (χ4n) is 4.15. The Morgan fingerprint density at radius 1 is 1.02 bits per heavy atom. The Morgan fingerprint density at radius 3 is 2.50 bits per heavy atom. The second-order valence-corrected chi connectivity index (χ2v) is 11.2. The van der Waals surface area contributed by atoms with Gasteiger partial charge in [0.15, 0.2) is 0 Å². The van der Waals surface area contributed by atoms with Gasteiger partial charge < -0.3 is 5.32 Å². The molecule has 2 N–H and O–H groups in total. The summed E-state index contributed by atoms with van der Waals surface area (Å²) in [5, 5.41) is 23.6. The van der Waals surface area contributed by atoms with Gasteiger partial charge in [-0.25, -0.2) is 13.1 Å². The molecule has 0 saturated carbocycles. The molecule has 204 valence electrons. The Kier molecular flexibility index (Phi) is 7.84. The minimum atomic E-state index is -3.42. The van der Waals surface area contributed by atoms with E-state index in [1.165, 1.54) is 11.0 Å². The maximum atomic E-state index is 13.1. The summed E-state index contributed by atoms with van der Waals surface area (Å²) in [4.78, 5) is 13.1. The first-order valence-corrected chi connectivity index (χ1v) is 14.4. The fraction of sp³-hybridized carbons (Fsp3) is 0.154. The van der Waals surface area contributed by atoms with Crippen LogP contribution in [-0.4, -0.2) is 61.8 Å². The predicted molar refractivity (Wildman–Crippen MR) is 149 cm³/mol. The van der Waals surface area contributed by atoms with Gasteiger partial charge in [0.25, 0.3) is 5.91 Å². The van der Waals surface area contributed by atoms with Crippen LogP contribution >= 0.6 is 11.6 Å². The minimum absolute atomic E-state index is 0.303. The SMILES string of the molecule is CS(=O)(=O)Nc1ccc(C(=O)NC(Cc2ccccc2)Cn2cc(-c3cc(Cl)ccc3-n3cnnn3)nn2)cc1. The molecule has 5 rings (SSSR count). The zero-order valence-electron chi connectivity index (χ0n) is 21.2. The van der Waals surface area contributed by atoms with Crippen LogP contribution in [0.5, 0.6) is 0 Å². The highest BCUT2D eigenvalue weighted by Crippen LogP contribution is 2.27. The maximum Gasteiger partial charge on any atom is 0.251 e. The van der Waals surface area contributed by atoms with Gasteiger partial charge in [-0.2, -0.15) is 4.68 Å². The van der Waals surface area contributed by atoms with Crippen molar-refractivity contribution in [2.45, 2.75) is 19.0 Å². The first kappa shape index (κ1) is 27.0. The van der Waals surface area contributed by atoms with Gasteiger partial charge in [0.1, 0.15) is 12.0 Å². The van der Waals surface area contributed by atoms with E-state index in [4.69, 9.17) is 11.6 Å². The maximum absolute atomic E-state index is 13.1. The molecule has 0 aliphatic carbocycles. The quantitative estimate of drug-likeness (QED) is 0.257. The van der Waals surface area contributed by atoms with Crippen LogP contribution in [0.3, 0.4) is 0 Å². The van der Waals surface area contributed by atoms with Gasteiger partial charge in [0.2, 0.25) is 10.0 Å². The number of amides is 1. The van der Waals surface area contributed by atoms with Crippen molar-refractivity contribution >= 4 is 33.2 Å². The molecule has 0 radical (unpaired) electrons. The van der Waals surface area contributed by atoms with Crippen molar-refractivity contribution in [2.75, 3.05) is 11.0 Å². The van der Waals surface area contributed by atoms with Crippen LogP contribution in [0.25, 0.3) is 16.9 Å². The third-order valence-corrected chi connectivity index (χ3v) is 6.73. The molecular formula is C26H24ClN9O3S. The highest BCUT2D eigenvalue weighted by Gasteiger charge is 2.18. The Bertz CT molecular complexity index is 1710. The molecule has 40 heavy (non-hydrogen) atoms. The highest BCUT2D eigenvalue weighted by atomic mass is 35.5. The third kappa shape index (κ3) is 6.87. The number of nitrogens with one attached hydrogen (secondary N) is 2. The lowest BCUT2D eigenvalue weighted by Crippen LogP contribution is -2.39. The molecule has 0 aliphatic heterocycles. The van der Waals surface area contributed by atoms with Crippen molar-refractivity contribution in [3.8, 4) is 16.9 Å². The first-order valence-electron chi connectivity index (χ1n) is 12.1. The lowest BCUT2D eigenvalue weighted by Gasteiger charge is -2.19. The summed E-state index contributed by atoms with van der Waals surface area (Å²) in [5.74, 6) is -0.303. The number of nitrogens with zero attached hydrogens (tertiary/aromatic N) is 7. The van der Waals surface area contributed by atoms with Crippen LogP contribution in [0.2, 0.25) is 5.02 Å². The summed E-state index contributed by atoms with van der Waals surface area (Å²) in [6, 6.07) is 21.0. The van der Waals surface area contributed by atoms with E-state index in [0.717, 1.165) is 11.8 Å². The molecule has 2 aromatic heterocycles. The minimum Gasteiger partial charge on any atom is -0.347 e. The average molecular weight is 578 g/mol. The molecule has 1 atom stereocenters. The van der Waals surface area contributed by atoms with E-state index in [1.807, 2.05) is 30.3 Å². The van der Waals surface area contributed by atoms with Crippen molar-refractivity contribution in [1.82, 2.24) is 40.5 Å². The van der Waals surface area contributed by atoms with Crippen molar-refractivity contribution in [3.63, 3.8) is 0 Å². The lowest BCUT2D eigenvalue weighted by atomic mass is 10.1. The van der Waals surface area contributed by atoms with E-state index in [1.54, 1.807) is 53.3 Å². The van der Waals surface area contributed by atoms with Crippen LogP contribution in [-0.2, 0) is 23.0 Å². The lowest BCUT2D eigenvalue weighted by molar-refractivity contribution is 0.0932. The Hall–Kier alpha value is -4.62. The van der Waals surface area contributed by atoms with Gasteiger partial charge in [-0.3, -0.25) is 9.52 Å². The number of carbonyl (C=O) groups excluding carboxylic acids is 1. The van der Waals surface area contributed by atoms with Crippen molar-refractivity contribution in [3.05, 3.63) is 101 Å². The number of carbonyl (C=O) groups is 1. The van der Waals surface area contributed by atoms with Gasteiger partial charge in [-0.15, -0.1) is 10.2 Å². The number of tetrazole rings is 1. The summed E-state index contributed by atoms with van der Waals surface area (Å²) in [6.45, 7) is 0.335. The molecule has 1 amide bonds. The largest absolute Gasteiger partial charge is 0.347 e. The molecule has 3 aromatic carbocycles. The van der Waals surface area contributed by atoms with Crippen LogP contribution in [0, 0.1) is 0 Å². The van der Waals surface area contributed by atoms with Crippen LogP contribution in [0.1, 0.15) is 15.9 Å². The molecule has 0 bridgehead atoms. The number of rotatable bonds is 10. The van der Waals surface area contributed by atoms with E-state index in [9.17, 15) is 13.2 Å². The molecule has 5 aromatic rings. The third-order valence-electron chi connectivity index (χ3n) is 5.89. The summed E-state index contributed by atoms with van der Waals surface area (Å²) < 4.78 is 28.5. The molecule has 0 fully saturated rings. The number of halogens is 1. The van der Waals surface area contributed by atoms with Gasteiger partial charge in [0, 0.05) is 21.8 Å². The highest BCUT2D eigenvalue weighted by molar-refractivity contribution is 7.92. The number of benzene rings is 3. The fourth-order valence-corrected chi connectivity index (χ4v) is 4.89. The molecule has 12 nitrogen and oxygen atoms in total. The molecule has 0 aliphatic rings. The zero-order chi connectivity index (χ0) is 28.1. The first-order chi connectivity index (χ1) is 19.2. The molecule has 1 unspecified atom stereocenters. The second kappa shape index (κ2) is 11.6. The van der Waals surface area contributed by atoms with E-state index < -0.39 is 10.0 Å². The Labute approximate surface area is 235 Å². The van der Waals surface area contributed by atoms with Crippen molar-refractivity contribution < 1.29 is 13.2 Å². The van der Waals surface area contributed by atoms with E-state index in [2.05, 4.69) is 35.9 Å². The summed E-state index contributed by atoms with van der Waals surface area (Å²) in [6.07, 6.45) is 4.86.